The molecule has 1 aromatic rings. The molecule has 0 bridgehead atoms. The largest absolute Gasteiger partial charge is 0.480 e. The van der Waals surface area contributed by atoms with Gasteiger partial charge in [0.15, 0.2) is 11.5 Å². The van der Waals surface area contributed by atoms with Gasteiger partial charge < -0.3 is 14.6 Å². The number of terminal acetylenes is 1. The van der Waals surface area contributed by atoms with Gasteiger partial charge in [-0.3, -0.25) is 5.32 Å². The number of aliphatic carboxylic acids is 1. The average molecular weight is 247 g/mol. The standard InChI is InChI=1S/C13H13NO4/c1-3-6-14-13(2,12(15)16)9-4-5-10-11(7-9)18-8-17-10/h1,4-5,7,14H,6,8H2,2H3,(H,15,16). The van der Waals surface area contributed by atoms with Gasteiger partial charge in [0, 0.05) is 0 Å². The normalized spacial score (nSPS) is 15.8. The number of benzene rings is 1. The molecule has 0 aromatic heterocycles. The number of nitrogens with one attached hydrogen (secondary N) is 1. The van der Waals surface area contributed by atoms with E-state index in [2.05, 4.69) is 11.2 Å². The van der Waals surface area contributed by atoms with Crippen molar-refractivity contribution < 1.29 is 19.4 Å². The number of carboxylic acids is 1. The molecule has 2 rings (SSSR count). The fourth-order valence-corrected chi connectivity index (χ4v) is 1.74. The predicted octanol–water partition coefficient (Wildman–Crippen LogP) is 0.938. The van der Waals surface area contributed by atoms with Crippen molar-refractivity contribution in [2.24, 2.45) is 0 Å². The fourth-order valence-electron chi connectivity index (χ4n) is 1.74. The summed E-state index contributed by atoms with van der Waals surface area (Å²) in [5, 5.41) is 12.2. The summed E-state index contributed by atoms with van der Waals surface area (Å²) in [6, 6.07) is 5.03. The molecule has 0 aliphatic carbocycles. The number of hydrogen-bond donors (Lipinski definition) is 2. The van der Waals surface area contributed by atoms with Crippen LogP contribution in [0, 0.1) is 12.3 Å². The second-order valence-electron chi connectivity index (χ2n) is 4.06. The number of hydrogen-bond acceptors (Lipinski definition) is 4. The number of rotatable bonds is 4. The molecular weight excluding hydrogens is 234 g/mol. The van der Waals surface area contributed by atoms with Crippen molar-refractivity contribution in [3.05, 3.63) is 23.8 Å². The Morgan fingerprint density at radius 3 is 2.94 bits per heavy atom. The predicted molar refractivity (Wildman–Crippen MR) is 64.4 cm³/mol. The smallest absolute Gasteiger partial charge is 0.328 e. The molecule has 1 aromatic carbocycles. The Kier molecular flexibility index (Phi) is 3.13. The molecule has 5 heteroatoms. The van der Waals surface area contributed by atoms with Crippen molar-refractivity contribution in [3.63, 3.8) is 0 Å². The Labute approximate surface area is 105 Å². The third-order valence-electron chi connectivity index (χ3n) is 2.92. The quantitative estimate of drug-likeness (QED) is 0.775. The number of carbonyl (C=O) groups is 1. The van der Waals surface area contributed by atoms with Crippen LogP contribution in [0.5, 0.6) is 11.5 Å². The first-order valence-electron chi connectivity index (χ1n) is 5.40. The minimum absolute atomic E-state index is 0.153. The summed E-state index contributed by atoms with van der Waals surface area (Å²) in [4.78, 5) is 11.4. The molecular formula is C13H13NO4. The lowest BCUT2D eigenvalue weighted by atomic mass is 9.91. The van der Waals surface area contributed by atoms with E-state index in [1.165, 1.54) is 0 Å². The molecule has 1 aliphatic rings. The lowest BCUT2D eigenvalue weighted by Crippen LogP contribution is -2.46. The molecule has 0 radical (unpaired) electrons. The van der Waals surface area contributed by atoms with Crippen LogP contribution >= 0.6 is 0 Å². The Hall–Kier alpha value is -2.19. The van der Waals surface area contributed by atoms with E-state index in [4.69, 9.17) is 15.9 Å². The molecule has 1 unspecified atom stereocenters. The van der Waals surface area contributed by atoms with Gasteiger partial charge in [-0.05, 0) is 24.6 Å². The minimum atomic E-state index is -1.26. The van der Waals surface area contributed by atoms with E-state index in [9.17, 15) is 9.90 Å². The molecule has 1 aliphatic heterocycles. The zero-order valence-corrected chi connectivity index (χ0v) is 9.90. The number of ether oxygens (including phenoxy) is 2. The number of carboxylic acid groups (broad SMARTS) is 1. The van der Waals surface area contributed by atoms with Crippen LogP contribution in [0.2, 0.25) is 0 Å². The van der Waals surface area contributed by atoms with E-state index < -0.39 is 11.5 Å². The van der Waals surface area contributed by atoms with Gasteiger partial charge in [0.2, 0.25) is 6.79 Å². The molecule has 0 saturated carbocycles. The second kappa shape index (κ2) is 4.59. The zero-order valence-electron chi connectivity index (χ0n) is 9.90. The van der Waals surface area contributed by atoms with Crippen LogP contribution in [0.3, 0.4) is 0 Å². The summed E-state index contributed by atoms with van der Waals surface area (Å²) >= 11 is 0. The van der Waals surface area contributed by atoms with Gasteiger partial charge in [-0.15, -0.1) is 6.42 Å². The van der Waals surface area contributed by atoms with Crippen LogP contribution in [0.1, 0.15) is 12.5 Å². The van der Waals surface area contributed by atoms with Crippen LogP contribution in [0.15, 0.2) is 18.2 Å². The Morgan fingerprint density at radius 2 is 2.28 bits per heavy atom. The maximum Gasteiger partial charge on any atom is 0.328 e. The lowest BCUT2D eigenvalue weighted by Gasteiger charge is -2.26. The molecule has 0 spiro atoms. The van der Waals surface area contributed by atoms with Crippen LogP contribution in [-0.4, -0.2) is 24.4 Å². The molecule has 1 atom stereocenters. The summed E-state index contributed by atoms with van der Waals surface area (Å²) in [5.74, 6) is 2.53. The molecule has 18 heavy (non-hydrogen) atoms. The first-order chi connectivity index (χ1) is 8.58. The van der Waals surface area contributed by atoms with Gasteiger partial charge in [-0.25, -0.2) is 4.79 Å². The highest BCUT2D eigenvalue weighted by Crippen LogP contribution is 2.35. The Balaban J connectivity index is 2.37. The van der Waals surface area contributed by atoms with Gasteiger partial charge in [0.25, 0.3) is 0 Å². The average Bonchev–Trinajstić information content (AvgIpc) is 2.82. The molecule has 5 nitrogen and oxygen atoms in total. The van der Waals surface area contributed by atoms with E-state index >= 15 is 0 Å². The van der Waals surface area contributed by atoms with Crippen LogP contribution in [-0.2, 0) is 10.3 Å². The molecule has 2 N–H and O–H groups in total. The summed E-state index contributed by atoms with van der Waals surface area (Å²) in [5.41, 5.74) is -0.692. The van der Waals surface area contributed by atoms with E-state index in [-0.39, 0.29) is 13.3 Å². The summed E-state index contributed by atoms with van der Waals surface area (Å²) in [6.07, 6.45) is 5.15. The molecule has 94 valence electrons. The van der Waals surface area contributed by atoms with Crippen molar-refractivity contribution in [2.75, 3.05) is 13.3 Å². The molecule has 0 fully saturated rings. The molecule has 0 saturated heterocycles. The van der Waals surface area contributed by atoms with Gasteiger partial charge in [-0.2, -0.15) is 0 Å². The van der Waals surface area contributed by atoms with Crippen LogP contribution < -0.4 is 14.8 Å². The highest BCUT2D eigenvalue weighted by molar-refractivity contribution is 5.80. The van der Waals surface area contributed by atoms with E-state index in [0.717, 1.165) is 0 Å². The third kappa shape index (κ3) is 1.98. The van der Waals surface area contributed by atoms with Crippen LogP contribution in [0.25, 0.3) is 0 Å². The van der Waals surface area contributed by atoms with Gasteiger partial charge in [-0.1, -0.05) is 12.0 Å². The minimum Gasteiger partial charge on any atom is -0.480 e. The van der Waals surface area contributed by atoms with E-state index in [1.807, 2.05) is 0 Å². The molecule has 1 heterocycles. The topological polar surface area (TPSA) is 67.8 Å². The summed E-state index contributed by atoms with van der Waals surface area (Å²) in [6.45, 7) is 1.88. The third-order valence-corrected chi connectivity index (χ3v) is 2.92. The molecule has 0 amide bonds. The number of fused-ring (bicyclic) bond motifs is 1. The lowest BCUT2D eigenvalue weighted by molar-refractivity contribution is -0.144. The van der Waals surface area contributed by atoms with E-state index in [0.29, 0.717) is 17.1 Å². The SMILES string of the molecule is C#CCNC(C)(C(=O)O)c1ccc2c(c1)OCO2. The van der Waals surface area contributed by atoms with Gasteiger partial charge in [0.05, 0.1) is 6.54 Å². The van der Waals surface area contributed by atoms with Gasteiger partial charge in [0.1, 0.15) is 5.54 Å². The Morgan fingerprint density at radius 1 is 1.56 bits per heavy atom. The van der Waals surface area contributed by atoms with Crippen LogP contribution in [0.4, 0.5) is 0 Å². The first-order valence-corrected chi connectivity index (χ1v) is 5.40. The highest BCUT2D eigenvalue weighted by atomic mass is 16.7. The van der Waals surface area contributed by atoms with Gasteiger partial charge >= 0.3 is 5.97 Å². The van der Waals surface area contributed by atoms with Crippen molar-refractivity contribution in [1.29, 1.82) is 0 Å². The first kappa shape index (κ1) is 12.3. The van der Waals surface area contributed by atoms with E-state index in [1.54, 1.807) is 25.1 Å². The fraction of sp³-hybridized carbons (Fsp3) is 0.308. The van der Waals surface area contributed by atoms with Crippen molar-refractivity contribution in [1.82, 2.24) is 5.32 Å². The summed E-state index contributed by atoms with van der Waals surface area (Å²) < 4.78 is 10.4. The van der Waals surface area contributed by atoms with Crippen molar-refractivity contribution >= 4 is 5.97 Å². The monoisotopic (exact) mass is 247 g/mol. The zero-order chi connectivity index (χ0) is 13.2. The van der Waals surface area contributed by atoms with Crippen molar-refractivity contribution in [2.45, 2.75) is 12.5 Å². The second-order valence-corrected chi connectivity index (χ2v) is 4.06. The summed E-state index contributed by atoms with van der Waals surface area (Å²) in [7, 11) is 0. The highest BCUT2D eigenvalue weighted by Gasteiger charge is 2.35. The maximum absolute atomic E-state index is 11.4. The Bertz CT molecular complexity index is 520. The van der Waals surface area contributed by atoms with Crippen molar-refractivity contribution in [3.8, 4) is 23.8 Å². The maximum atomic E-state index is 11.4.